The van der Waals surface area contributed by atoms with Gasteiger partial charge in [-0.05, 0) is 73.1 Å². The number of amides is 1. The fourth-order valence-electron chi connectivity index (χ4n) is 5.79. The summed E-state index contributed by atoms with van der Waals surface area (Å²) in [5, 5.41) is 9.64. The highest BCUT2D eigenvalue weighted by molar-refractivity contribution is 5.96. The zero-order valence-corrected chi connectivity index (χ0v) is 25.5. The highest BCUT2D eigenvalue weighted by atomic mass is 16.4. The molecule has 222 valence electrons. The van der Waals surface area contributed by atoms with E-state index in [1.807, 2.05) is 47.9 Å². The normalized spacial score (nSPS) is 11.5. The molecule has 3 N–H and O–H groups in total. The second-order valence-electron chi connectivity index (χ2n) is 11.7. The fraction of sp³-hybridized carbons (Fsp3) is 0.314. The first-order chi connectivity index (χ1) is 20.6. The molecule has 0 atom stereocenters. The summed E-state index contributed by atoms with van der Waals surface area (Å²) in [5.41, 5.74) is 14.5. The van der Waals surface area contributed by atoms with Gasteiger partial charge in [0.1, 0.15) is 18.2 Å². The van der Waals surface area contributed by atoms with E-state index in [1.54, 1.807) is 12.1 Å². The van der Waals surface area contributed by atoms with Crippen molar-refractivity contribution in [3.63, 3.8) is 0 Å². The predicted molar refractivity (Wildman–Crippen MR) is 170 cm³/mol. The van der Waals surface area contributed by atoms with Gasteiger partial charge in [0, 0.05) is 24.2 Å². The molecule has 2 aromatic heterocycles. The molecule has 8 heteroatoms. The van der Waals surface area contributed by atoms with E-state index >= 15 is 0 Å². The van der Waals surface area contributed by atoms with Gasteiger partial charge in [0.15, 0.2) is 0 Å². The second kappa shape index (κ2) is 12.3. The van der Waals surface area contributed by atoms with Gasteiger partial charge in [-0.1, -0.05) is 63.2 Å². The van der Waals surface area contributed by atoms with Crippen molar-refractivity contribution in [2.24, 2.45) is 11.7 Å². The molecule has 5 aromatic rings. The SMILES string of the molecule is CCCc1nc2c(C)cc(-c3nc(CC(C)C)c(C)n3CC(N)=O)cc2n1Cc1ccc(-c2ccccc2C(=O)O)cc1. The van der Waals surface area contributed by atoms with Gasteiger partial charge in [0.05, 0.1) is 22.3 Å². The lowest BCUT2D eigenvalue weighted by Crippen LogP contribution is -2.20. The van der Waals surface area contributed by atoms with Crippen LogP contribution < -0.4 is 5.73 Å². The van der Waals surface area contributed by atoms with Gasteiger partial charge in [0.25, 0.3) is 0 Å². The summed E-state index contributed by atoms with van der Waals surface area (Å²) in [7, 11) is 0. The number of hydrogen-bond donors (Lipinski definition) is 2. The second-order valence-corrected chi connectivity index (χ2v) is 11.7. The zero-order valence-electron chi connectivity index (χ0n) is 25.5. The van der Waals surface area contributed by atoms with Crippen LogP contribution in [0.2, 0.25) is 0 Å². The number of nitrogens with two attached hydrogens (primary N) is 1. The van der Waals surface area contributed by atoms with Crippen LogP contribution in [0.15, 0.2) is 60.7 Å². The van der Waals surface area contributed by atoms with E-state index in [1.165, 1.54) is 0 Å². The van der Waals surface area contributed by atoms with E-state index < -0.39 is 11.9 Å². The van der Waals surface area contributed by atoms with E-state index in [-0.39, 0.29) is 12.1 Å². The zero-order chi connectivity index (χ0) is 30.8. The van der Waals surface area contributed by atoms with Gasteiger partial charge in [-0.15, -0.1) is 0 Å². The lowest BCUT2D eigenvalue weighted by Gasteiger charge is -2.13. The molecule has 0 saturated carbocycles. The Morgan fingerprint density at radius 1 is 0.953 bits per heavy atom. The summed E-state index contributed by atoms with van der Waals surface area (Å²) < 4.78 is 4.20. The molecule has 0 unspecified atom stereocenters. The first-order valence-corrected chi connectivity index (χ1v) is 14.8. The molecule has 0 spiro atoms. The molecule has 43 heavy (non-hydrogen) atoms. The molecule has 0 bridgehead atoms. The molecule has 5 rings (SSSR count). The number of primary amides is 1. The number of carbonyl (C=O) groups excluding carboxylic acids is 1. The molecule has 0 aliphatic carbocycles. The highest BCUT2D eigenvalue weighted by Crippen LogP contribution is 2.31. The van der Waals surface area contributed by atoms with Crippen LogP contribution in [0.5, 0.6) is 0 Å². The Kier molecular flexibility index (Phi) is 8.48. The minimum Gasteiger partial charge on any atom is -0.478 e. The maximum atomic E-state index is 12.0. The quantitative estimate of drug-likeness (QED) is 0.184. The molecule has 0 saturated heterocycles. The van der Waals surface area contributed by atoms with Crippen LogP contribution in [0.4, 0.5) is 0 Å². The Bertz CT molecular complexity index is 1810. The lowest BCUT2D eigenvalue weighted by atomic mass is 9.98. The number of aryl methyl sites for hydroxylation is 2. The molecule has 0 fully saturated rings. The van der Waals surface area contributed by atoms with E-state index in [0.717, 1.165) is 75.6 Å². The Morgan fingerprint density at radius 3 is 2.33 bits per heavy atom. The molecule has 1 amide bonds. The largest absolute Gasteiger partial charge is 0.478 e. The van der Waals surface area contributed by atoms with Gasteiger partial charge in [-0.25, -0.2) is 14.8 Å². The summed E-state index contributed by atoms with van der Waals surface area (Å²) in [5.74, 6) is 0.830. The van der Waals surface area contributed by atoms with Crippen LogP contribution in [-0.2, 0) is 30.7 Å². The van der Waals surface area contributed by atoms with Crippen molar-refractivity contribution in [3.8, 4) is 22.5 Å². The number of hydrogen-bond acceptors (Lipinski definition) is 4. The van der Waals surface area contributed by atoms with Gasteiger partial charge < -0.3 is 20.0 Å². The number of aromatic nitrogens is 4. The van der Waals surface area contributed by atoms with E-state index in [4.69, 9.17) is 15.7 Å². The third kappa shape index (κ3) is 6.09. The third-order valence-corrected chi connectivity index (χ3v) is 7.85. The number of nitrogens with zero attached hydrogens (tertiary/aromatic N) is 4. The van der Waals surface area contributed by atoms with Crippen LogP contribution >= 0.6 is 0 Å². The van der Waals surface area contributed by atoms with Crippen molar-refractivity contribution in [2.75, 3.05) is 0 Å². The number of fused-ring (bicyclic) bond motifs is 1. The average molecular weight is 578 g/mol. The number of aromatic carboxylic acids is 1. The monoisotopic (exact) mass is 577 g/mol. The van der Waals surface area contributed by atoms with Crippen LogP contribution in [-0.4, -0.2) is 36.1 Å². The summed E-state index contributed by atoms with van der Waals surface area (Å²) in [4.78, 5) is 33.9. The Balaban J connectivity index is 1.59. The molecule has 8 nitrogen and oxygen atoms in total. The van der Waals surface area contributed by atoms with Crippen LogP contribution in [0.1, 0.15) is 65.9 Å². The summed E-state index contributed by atoms with van der Waals surface area (Å²) in [6.45, 7) is 11.2. The lowest BCUT2D eigenvalue weighted by molar-refractivity contribution is -0.118. The van der Waals surface area contributed by atoms with Gasteiger partial charge in [0.2, 0.25) is 5.91 Å². The van der Waals surface area contributed by atoms with Crippen LogP contribution in [0.25, 0.3) is 33.5 Å². The van der Waals surface area contributed by atoms with Crippen molar-refractivity contribution in [3.05, 3.63) is 94.6 Å². The Labute approximate surface area is 252 Å². The number of carboxylic acid groups (broad SMARTS) is 1. The molecule has 3 aromatic carbocycles. The smallest absolute Gasteiger partial charge is 0.336 e. The fourth-order valence-corrected chi connectivity index (χ4v) is 5.79. The van der Waals surface area contributed by atoms with Crippen molar-refractivity contribution >= 4 is 22.9 Å². The summed E-state index contributed by atoms with van der Waals surface area (Å²) in [6, 6.07) is 19.3. The number of carboxylic acids is 1. The first-order valence-electron chi connectivity index (χ1n) is 14.8. The Hall–Kier alpha value is -4.72. The number of imidazole rings is 2. The van der Waals surface area contributed by atoms with E-state index in [9.17, 15) is 14.7 Å². The van der Waals surface area contributed by atoms with Gasteiger partial charge in [-0.3, -0.25) is 4.79 Å². The standard InChI is InChI=1S/C35H39N5O3/c1-6-9-32-38-33-22(4)17-26(34-37-29(16-21(2)3)23(5)39(34)20-31(36)41)18-30(33)40(32)19-24-12-14-25(15-13-24)27-10-7-8-11-28(27)35(42)43/h7-8,10-15,17-18,21H,6,9,16,19-20H2,1-5H3,(H2,36,41)(H,42,43). The first kappa shape index (κ1) is 29.8. The van der Waals surface area contributed by atoms with Gasteiger partial charge in [-0.2, -0.15) is 0 Å². The van der Waals surface area contributed by atoms with E-state index in [2.05, 4.69) is 44.4 Å². The number of carbonyl (C=O) groups is 2. The topological polar surface area (TPSA) is 116 Å². The molecule has 2 heterocycles. The molecular weight excluding hydrogens is 538 g/mol. The third-order valence-electron chi connectivity index (χ3n) is 7.85. The average Bonchev–Trinajstić information content (AvgIpc) is 3.46. The maximum absolute atomic E-state index is 12.0. The molecular formula is C35H39N5O3. The van der Waals surface area contributed by atoms with Crippen molar-refractivity contribution in [2.45, 2.75) is 67.0 Å². The van der Waals surface area contributed by atoms with Gasteiger partial charge >= 0.3 is 5.97 Å². The highest BCUT2D eigenvalue weighted by Gasteiger charge is 2.21. The molecule has 0 aliphatic heterocycles. The minimum atomic E-state index is -0.942. The summed E-state index contributed by atoms with van der Waals surface area (Å²) >= 11 is 0. The minimum absolute atomic E-state index is 0.0705. The van der Waals surface area contributed by atoms with E-state index in [0.29, 0.717) is 18.0 Å². The van der Waals surface area contributed by atoms with Crippen LogP contribution in [0.3, 0.4) is 0 Å². The molecule has 0 aliphatic rings. The van der Waals surface area contributed by atoms with Crippen molar-refractivity contribution < 1.29 is 14.7 Å². The number of benzene rings is 3. The Morgan fingerprint density at radius 2 is 1.67 bits per heavy atom. The predicted octanol–water partition coefficient (Wildman–Crippen LogP) is 6.57. The number of rotatable bonds is 11. The van der Waals surface area contributed by atoms with Crippen LogP contribution in [0, 0.1) is 19.8 Å². The molecule has 0 radical (unpaired) electrons. The summed E-state index contributed by atoms with van der Waals surface area (Å²) in [6.07, 6.45) is 2.61. The van der Waals surface area contributed by atoms with Crippen molar-refractivity contribution in [1.82, 2.24) is 19.1 Å². The van der Waals surface area contributed by atoms with Crippen molar-refractivity contribution in [1.29, 1.82) is 0 Å². The maximum Gasteiger partial charge on any atom is 0.336 e.